The molecular weight excluding hydrogens is 432 g/mol. The number of carbonyl (C=O) groups is 2. The Hall–Kier alpha value is -3.53. The Morgan fingerprint density at radius 2 is 1.75 bits per heavy atom. The van der Waals surface area contributed by atoms with E-state index in [1.807, 2.05) is 32.9 Å². The summed E-state index contributed by atoms with van der Waals surface area (Å²) in [5, 5.41) is 13.7. The number of carbonyl (C=O) groups excluding carboxylic acids is 2. The molecule has 0 spiro atoms. The molecule has 0 fully saturated rings. The third kappa shape index (κ3) is 5.02. The number of hydrogen-bond acceptors (Lipinski definition) is 8. The van der Waals surface area contributed by atoms with Crippen molar-refractivity contribution in [2.24, 2.45) is 0 Å². The molecule has 0 unspecified atom stereocenters. The normalized spacial score (nSPS) is 12.0. The highest BCUT2D eigenvalue weighted by Gasteiger charge is 2.17. The number of thioether (sulfide) groups is 1. The third-order valence-electron chi connectivity index (χ3n) is 4.74. The number of fused-ring (bicyclic) bond motifs is 1. The second kappa shape index (κ2) is 9.31. The van der Waals surface area contributed by atoms with Crippen LogP contribution in [0.1, 0.15) is 16.7 Å². The average molecular weight is 455 g/mol. The van der Waals surface area contributed by atoms with Gasteiger partial charge in [-0.1, -0.05) is 29.5 Å². The first kappa shape index (κ1) is 21.7. The van der Waals surface area contributed by atoms with E-state index in [2.05, 4.69) is 20.8 Å². The third-order valence-corrected chi connectivity index (χ3v) is 5.56. The van der Waals surface area contributed by atoms with E-state index in [0.29, 0.717) is 23.0 Å². The Kier molecular flexibility index (Phi) is 6.31. The van der Waals surface area contributed by atoms with Crippen LogP contribution in [-0.2, 0) is 9.59 Å². The van der Waals surface area contributed by atoms with Gasteiger partial charge in [-0.3, -0.25) is 9.59 Å². The molecule has 10 heteroatoms. The number of nitrogens with zero attached hydrogens (tertiary/aromatic N) is 2. The lowest BCUT2D eigenvalue weighted by molar-refractivity contribution is -0.122. The van der Waals surface area contributed by atoms with Crippen molar-refractivity contribution in [3.8, 4) is 23.0 Å². The van der Waals surface area contributed by atoms with Crippen LogP contribution in [0.25, 0.3) is 11.5 Å². The maximum Gasteiger partial charge on any atom is 0.277 e. The monoisotopic (exact) mass is 454 g/mol. The van der Waals surface area contributed by atoms with Gasteiger partial charge < -0.3 is 24.5 Å². The van der Waals surface area contributed by atoms with Gasteiger partial charge in [-0.05, 0) is 50.1 Å². The van der Waals surface area contributed by atoms with Gasteiger partial charge in [0, 0.05) is 11.3 Å². The van der Waals surface area contributed by atoms with Crippen LogP contribution in [0.4, 0.5) is 5.69 Å². The molecule has 3 aromatic rings. The zero-order chi connectivity index (χ0) is 22.7. The van der Waals surface area contributed by atoms with Gasteiger partial charge in [0.05, 0.1) is 12.3 Å². The zero-order valence-electron chi connectivity index (χ0n) is 17.9. The van der Waals surface area contributed by atoms with Crippen LogP contribution in [0.5, 0.6) is 11.5 Å². The van der Waals surface area contributed by atoms with Gasteiger partial charge in [-0.25, -0.2) is 0 Å². The Bertz CT molecular complexity index is 1150. The highest BCUT2D eigenvalue weighted by Crippen LogP contribution is 2.36. The number of hydrogen-bond donors (Lipinski definition) is 2. The SMILES string of the molecule is Cc1cc(C)c(NC(=O)CNC(=O)CSc2nnc(-c3ccc4c(c3)OCO4)o2)c(C)c1. The molecule has 166 valence electrons. The maximum atomic E-state index is 12.2. The zero-order valence-corrected chi connectivity index (χ0v) is 18.7. The summed E-state index contributed by atoms with van der Waals surface area (Å²) in [5.41, 5.74) is 4.55. The van der Waals surface area contributed by atoms with E-state index in [-0.39, 0.29) is 36.1 Å². The topological polar surface area (TPSA) is 116 Å². The van der Waals surface area contributed by atoms with Crippen molar-refractivity contribution in [3.05, 3.63) is 47.0 Å². The van der Waals surface area contributed by atoms with E-state index in [4.69, 9.17) is 13.9 Å². The van der Waals surface area contributed by atoms with Crippen molar-refractivity contribution in [3.63, 3.8) is 0 Å². The van der Waals surface area contributed by atoms with Crippen molar-refractivity contribution in [2.75, 3.05) is 24.4 Å². The van der Waals surface area contributed by atoms with E-state index in [1.165, 1.54) is 0 Å². The van der Waals surface area contributed by atoms with Gasteiger partial charge >= 0.3 is 0 Å². The van der Waals surface area contributed by atoms with Crippen LogP contribution in [-0.4, -0.2) is 41.1 Å². The van der Waals surface area contributed by atoms with Crippen LogP contribution in [0.3, 0.4) is 0 Å². The van der Waals surface area contributed by atoms with Crippen LogP contribution in [0.2, 0.25) is 0 Å². The molecule has 2 amide bonds. The lowest BCUT2D eigenvalue weighted by Crippen LogP contribution is -2.34. The van der Waals surface area contributed by atoms with Gasteiger partial charge in [0.25, 0.3) is 5.22 Å². The van der Waals surface area contributed by atoms with Crippen LogP contribution in [0, 0.1) is 20.8 Å². The van der Waals surface area contributed by atoms with E-state index >= 15 is 0 Å². The summed E-state index contributed by atoms with van der Waals surface area (Å²) in [5.74, 6) is 1.03. The summed E-state index contributed by atoms with van der Waals surface area (Å²) in [7, 11) is 0. The summed E-state index contributed by atoms with van der Waals surface area (Å²) in [6, 6.07) is 9.32. The van der Waals surface area contributed by atoms with Gasteiger partial charge in [0.1, 0.15) is 0 Å². The molecule has 32 heavy (non-hydrogen) atoms. The van der Waals surface area contributed by atoms with Gasteiger partial charge in [0.2, 0.25) is 24.5 Å². The number of benzene rings is 2. The smallest absolute Gasteiger partial charge is 0.277 e. The van der Waals surface area contributed by atoms with Crippen molar-refractivity contribution < 1.29 is 23.5 Å². The van der Waals surface area contributed by atoms with E-state index < -0.39 is 0 Å². The fraction of sp³-hybridized carbons (Fsp3) is 0.273. The average Bonchev–Trinajstić information content (AvgIpc) is 3.42. The standard InChI is InChI=1S/C22H22N4O5S/c1-12-6-13(2)20(14(3)7-12)24-18(27)9-23-19(28)10-32-22-26-25-21(31-22)15-4-5-16-17(8-15)30-11-29-16/h4-8H,9-11H2,1-3H3,(H,23,28)(H,24,27). The molecule has 2 aromatic carbocycles. The lowest BCUT2D eigenvalue weighted by atomic mass is 10.1. The highest BCUT2D eigenvalue weighted by atomic mass is 32.2. The number of aryl methyl sites for hydroxylation is 3. The number of anilines is 1. The molecule has 1 aliphatic rings. The van der Waals surface area contributed by atoms with Gasteiger partial charge in [-0.2, -0.15) is 0 Å². The first-order valence-electron chi connectivity index (χ1n) is 9.90. The molecule has 0 saturated heterocycles. The van der Waals surface area contributed by atoms with Gasteiger partial charge in [0.15, 0.2) is 11.5 Å². The van der Waals surface area contributed by atoms with Crippen molar-refractivity contribution in [1.82, 2.24) is 15.5 Å². The Balaban J connectivity index is 1.25. The number of aromatic nitrogens is 2. The molecule has 4 rings (SSSR count). The van der Waals surface area contributed by atoms with Crippen LogP contribution < -0.4 is 20.1 Å². The summed E-state index contributed by atoms with van der Waals surface area (Å²) in [4.78, 5) is 24.4. The molecule has 1 aliphatic heterocycles. The summed E-state index contributed by atoms with van der Waals surface area (Å²) in [6.07, 6.45) is 0. The quantitative estimate of drug-likeness (QED) is 0.523. The Morgan fingerprint density at radius 3 is 2.53 bits per heavy atom. The number of nitrogens with one attached hydrogen (secondary N) is 2. The number of rotatable bonds is 7. The fourth-order valence-electron chi connectivity index (χ4n) is 3.33. The molecule has 0 radical (unpaired) electrons. The lowest BCUT2D eigenvalue weighted by Gasteiger charge is -2.13. The van der Waals surface area contributed by atoms with Crippen LogP contribution in [0.15, 0.2) is 40.0 Å². The number of ether oxygens (including phenoxy) is 2. The minimum Gasteiger partial charge on any atom is -0.454 e. The first-order chi connectivity index (χ1) is 15.4. The summed E-state index contributed by atoms with van der Waals surface area (Å²) < 4.78 is 16.2. The van der Waals surface area contributed by atoms with E-state index in [1.54, 1.807) is 18.2 Å². The Labute approximate surface area is 188 Å². The van der Waals surface area contributed by atoms with Crippen molar-refractivity contribution >= 4 is 29.3 Å². The largest absolute Gasteiger partial charge is 0.454 e. The molecule has 1 aromatic heterocycles. The predicted molar refractivity (Wildman–Crippen MR) is 119 cm³/mol. The summed E-state index contributed by atoms with van der Waals surface area (Å²) in [6.45, 7) is 5.94. The van der Waals surface area contributed by atoms with Crippen molar-refractivity contribution in [1.29, 1.82) is 0 Å². The molecule has 0 aliphatic carbocycles. The van der Waals surface area contributed by atoms with E-state index in [9.17, 15) is 9.59 Å². The molecular formula is C22H22N4O5S. The second-order valence-corrected chi connectivity index (χ2v) is 8.26. The fourth-order valence-corrected chi connectivity index (χ4v) is 3.93. The van der Waals surface area contributed by atoms with Gasteiger partial charge in [-0.15, -0.1) is 10.2 Å². The minimum atomic E-state index is -0.315. The molecule has 2 heterocycles. The molecule has 2 N–H and O–H groups in total. The van der Waals surface area contributed by atoms with E-state index in [0.717, 1.165) is 34.1 Å². The minimum absolute atomic E-state index is 0.0403. The second-order valence-electron chi connectivity index (χ2n) is 7.33. The molecule has 0 atom stereocenters. The summed E-state index contributed by atoms with van der Waals surface area (Å²) >= 11 is 1.09. The molecule has 0 saturated carbocycles. The molecule has 0 bridgehead atoms. The van der Waals surface area contributed by atoms with Crippen molar-refractivity contribution in [2.45, 2.75) is 26.0 Å². The number of amides is 2. The van der Waals surface area contributed by atoms with Crippen LogP contribution >= 0.6 is 11.8 Å². The Morgan fingerprint density at radius 1 is 1.00 bits per heavy atom. The molecule has 9 nitrogen and oxygen atoms in total. The highest BCUT2D eigenvalue weighted by molar-refractivity contribution is 7.99. The first-order valence-corrected chi connectivity index (χ1v) is 10.9. The maximum absolute atomic E-state index is 12.2. The predicted octanol–water partition coefficient (Wildman–Crippen LogP) is 3.24.